The number of aliphatic carboxylic acids is 2. The summed E-state index contributed by atoms with van der Waals surface area (Å²) in [5, 5.41) is 17.3. The van der Waals surface area contributed by atoms with E-state index < -0.39 is 52.8 Å². The lowest BCUT2D eigenvalue weighted by Gasteiger charge is -2.26. The number of hydrogen-bond acceptors (Lipinski definition) is 6. The number of carboxylic acid groups (broad SMARTS) is 2. The monoisotopic (exact) mass is 364 g/mol. The lowest BCUT2D eigenvalue weighted by Crippen LogP contribution is -2.41. The molecule has 6 N–H and O–H groups in total. The number of hydrogen-bond donors (Lipinski definition) is 6. The van der Waals surface area contributed by atoms with E-state index in [2.05, 4.69) is 0 Å². The van der Waals surface area contributed by atoms with Crippen LogP contribution in [0, 0.1) is 0 Å². The van der Waals surface area contributed by atoms with Crippen molar-refractivity contribution in [2.75, 3.05) is 38.8 Å². The zero-order valence-electron chi connectivity index (χ0n) is 11.3. The maximum absolute atomic E-state index is 10.9. The molecule has 0 spiro atoms. The van der Waals surface area contributed by atoms with Crippen molar-refractivity contribution in [3.63, 3.8) is 0 Å². The second kappa shape index (κ2) is 8.70. The van der Waals surface area contributed by atoms with Crippen molar-refractivity contribution in [2.24, 2.45) is 0 Å². The van der Waals surface area contributed by atoms with Crippen LogP contribution >= 0.6 is 15.2 Å². The first-order chi connectivity index (χ1) is 9.78. The first kappa shape index (κ1) is 21.2. The van der Waals surface area contributed by atoms with E-state index in [0.29, 0.717) is 0 Å². The van der Waals surface area contributed by atoms with Gasteiger partial charge < -0.3 is 29.8 Å². The van der Waals surface area contributed by atoms with Gasteiger partial charge in [0.15, 0.2) is 0 Å². The van der Waals surface area contributed by atoms with Crippen LogP contribution in [-0.4, -0.2) is 90.3 Å². The van der Waals surface area contributed by atoms with Crippen LogP contribution in [0.4, 0.5) is 0 Å². The van der Waals surface area contributed by atoms with E-state index in [0.717, 1.165) is 9.80 Å². The number of carbonyl (C=O) groups is 2. The highest BCUT2D eigenvalue weighted by atomic mass is 31.2. The van der Waals surface area contributed by atoms with E-state index in [9.17, 15) is 18.7 Å². The predicted molar refractivity (Wildman–Crippen MR) is 72.2 cm³/mol. The summed E-state index contributed by atoms with van der Waals surface area (Å²) in [5.74, 6) is -2.62. The van der Waals surface area contributed by atoms with Gasteiger partial charge in [0.2, 0.25) is 0 Å². The van der Waals surface area contributed by atoms with E-state index in [4.69, 9.17) is 29.8 Å². The Morgan fingerprint density at radius 1 is 0.727 bits per heavy atom. The van der Waals surface area contributed by atoms with Crippen LogP contribution in [0.15, 0.2) is 0 Å². The molecule has 22 heavy (non-hydrogen) atoms. The SMILES string of the molecule is O=C(O)CN(CCN(CP(=O)(O)O)CP(=O)(O)O)CC(=O)O. The second-order valence-electron chi connectivity index (χ2n) is 4.50. The summed E-state index contributed by atoms with van der Waals surface area (Å²) in [7, 11) is -9.18. The Morgan fingerprint density at radius 2 is 1.05 bits per heavy atom. The summed E-state index contributed by atoms with van der Waals surface area (Å²) >= 11 is 0. The molecular weight excluding hydrogens is 346 g/mol. The molecule has 0 saturated carbocycles. The third-order valence-corrected chi connectivity index (χ3v) is 3.76. The highest BCUT2D eigenvalue weighted by Gasteiger charge is 2.26. The van der Waals surface area contributed by atoms with Gasteiger partial charge in [-0.2, -0.15) is 0 Å². The highest BCUT2D eigenvalue weighted by molar-refractivity contribution is 7.52. The number of carboxylic acids is 2. The lowest BCUT2D eigenvalue weighted by atomic mass is 10.4. The van der Waals surface area contributed by atoms with Gasteiger partial charge in [0.25, 0.3) is 0 Å². The molecule has 0 rings (SSSR count). The van der Waals surface area contributed by atoms with Crippen LogP contribution in [0.1, 0.15) is 0 Å². The Morgan fingerprint density at radius 3 is 1.32 bits per heavy atom. The van der Waals surface area contributed by atoms with Crippen LogP contribution in [0.25, 0.3) is 0 Å². The Bertz CT molecular complexity index is 445. The maximum Gasteiger partial charge on any atom is 0.339 e. The van der Waals surface area contributed by atoms with E-state index in [1.54, 1.807) is 0 Å². The standard InChI is InChI=1S/C8H18N2O10P2/c11-7(12)3-9(4-8(13)14)1-2-10(5-21(15,16)17)6-22(18,19)20/h1-6H2,(H,11,12)(H,13,14)(H2,15,16,17)(H2,18,19,20). The molecule has 0 radical (unpaired) electrons. The van der Waals surface area contributed by atoms with Crippen molar-refractivity contribution in [1.29, 1.82) is 0 Å². The normalized spacial score (nSPS) is 12.8. The summed E-state index contributed by atoms with van der Waals surface area (Å²) in [6.07, 6.45) is -1.88. The molecule has 0 unspecified atom stereocenters. The summed E-state index contributed by atoms with van der Waals surface area (Å²) in [5.41, 5.74) is 0. The van der Waals surface area contributed by atoms with Crippen molar-refractivity contribution >= 4 is 27.1 Å². The molecule has 0 atom stereocenters. The molecular formula is C8H18N2O10P2. The third kappa shape index (κ3) is 12.9. The molecule has 0 amide bonds. The fourth-order valence-electron chi connectivity index (χ4n) is 1.59. The molecule has 130 valence electrons. The lowest BCUT2D eigenvalue weighted by molar-refractivity contribution is -0.141. The summed E-state index contributed by atoms with van der Waals surface area (Å²) in [6.45, 7) is -1.84. The average molecular weight is 364 g/mol. The quantitative estimate of drug-likeness (QED) is 0.222. The van der Waals surface area contributed by atoms with Gasteiger partial charge in [-0.25, -0.2) is 0 Å². The van der Waals surface area contributed by atoms with E-state index in [-0.39, 0.29) is 13.1 Å². The summed E-state index contributed by atoms with van der Waals surface area (Å²) in [6, 6.07) is 0. The molecule has 0 aromatic rings. The molecule has 0 heterocycles. The van der Waals surface area contributed by atoms with Gasteiger partial charge in [0.05, 0.1) is 13.1 Å². The van der Waals surface area contributed by atoms with Crippen molar-refractivity contribution < 1.29 is 48.5 Å². The first-order valence-electron chi connectivity index (χ1n) is 5.76. The zero-order valence-corrected chi connectivity index (χ0v) is 13.1. The smallest absolute Gasteiger partial charge is 0.339 e. The van der Waals surface area contributed by atoms with Gasteiger partial charge >= 0.3 is 27.1 Å². The minimum absolute atomic E-state index is 0.251. The maximum atomic E-state index is 10.9. The highest BCUT2D eigenvalue weighted by Crippen LogP contribution is 2.40. The summed E-state index contributed by atoms with van der Waals surface area (Å²) < 4.78 is 21.9. The predicted octanol–water partition coefficient (Wildman–Crippen LogP) is -1.97. The molecule has 0 bridgehead atoms. The van der Waals surface area contributed by atoms with Gasteiger partial charge in [0, 0.05) is 13.1 Å². The fourth-order valence-corrected chi connectivity index (χ4v) is 3.27. The molecule has 0 aliphatic heterocycles. The van der Waals surface area contributed by atoms with E-state index in [1.165, 1.54) is 0 Å². The molecule has 14 heteroatoms. The average Bonchev–Trinajstić information content (AvgIpc) is 2.19. The van der Waals surface area contributed by atoms with Crippen LogP contribution in [0.5, 0.6) is 0 Å². The molecule has 0 aromatic carbocycles. The van der Waals surface area contributed by atoms with Crippen molar-refractivity contribution in [2.45, 2.75) is 0 Å². The molecule has 0 fully saturated rings. The Kier molecular flexibility index (Phi) is 8.37. The van der Waals surface area contributed by atoms with Gasteiger partial charge in [-0.15, -0.1) is 0 Å². The van der Waals surface area contributed by atoms with Gasteiger partial charge in [-0.1, -0.05) is 0 Å². The number of rotatable bonds is 11. The van der Waals surface area contributed by atoms with Crippen LogP contribution < -0.4 is 0 Å². The molecule has 0 aliphatic carbocycles. The summed E-state index contributed by atoms with van der Waals surface area (Å²) in [4.78, 5) is 58.3. The van der Waals surface area contributed by atoms with Crippen LogP contribution in [0.2, 0.25) is 0 Å². The molecule has 0 saturated heterocycles. The van der Waals surface area contributed by atoms with Crippen LogP contribution in [-0.2, 0) is 18.7 Å². The molecule has 0 aliphatic rings. The zero-order chi connectivity index (χ0) is 17.6. The minimum Gasteiger partial charge on any atom is -0.480 e. The Balaban J connectivity index is 4.80. The van der Waals surface area contributed by atoms with Crippen molar-refractivity contribution in [1.82, 2.24) is 9.80 Å². The van der Waals surface area contributed by atoms with Crippen molar-refractivity contribution in [3.8, 4) is 0 Å². The fraction of sp³-hybridized carbons (Fsp3) is 0.750. The van der Waals surface area contributed by atoms with Gasteiger partial charge in [-0.3, -0.25) is 28.5 Å². The Hall–Kier alpha value is -0.840. The van der Waals surface area contributed by atoms with E-state index >= 15 is 0 Å². The minimum atomic E-state index is -4.59. The van der Waals surface area contributed by atoms with Gasteiger partial charge in [0.1, 0.15) is 12.6 Å². The van der Waals surface area contributed by atoms with Crippen molar-refractivity contribution in [3.05, 3.63) is 0 Å². The molecule has 12 nitrogen and oxygen atoms in total. The molecule has 0 aromatic heterocycles. The first-order valence-corrected chi connectivity index (χ1v) is 9.35. The van der Waals surface area contributed by atoms with E-state index in [1.807, 2.05) is 0 Å². The topological polar surface area (TPSA) is 196 Å². The third-order valence-electron chi connectivity index (χ3n) is 2.22. The largest absolute Gasteiger partial charge is 0.480 e. The Labute approximate surface area is 125 Å². The van der Waals surface area contributed by atoms with Gasteiger partial charge in [-0.05, 0) is 0 Å². The number of nitrogens with zero attached hydrogens (tertiary/aromatic N) is 2. The van der Waals surface area contributed by atoms with Crippen LogP contribution in [0.3, 0.4) is 0 Å². The second-order valence-corrected chi connectivity index (χ2v) is 7.73.